The Balaban J connectivity index is 1.42. The summed E-state index contributed by atoms with van der Waals surface area (Å²) in [5, 5.41) is 7.15. The Hall–Kier alpha value is -2.31. The van der Waals surface area contributed by atoms with Gasteiger partial charge in [0.2, 0.25) is 0 Å². The second-order valence-electron chi connectivity index (χ2n) is 9.40. The zero-order valence-corrected chi connectivity index (χ0v) is 19.2. The van der Waals surface area contributed by atoms with Crippen molar-refractivity contribution in [1.29, 1.82) is 0 Å². The normalized spacial score (nSPS) is 24.7. The van der Waals surface area contributed by atoms with Gasteiger partial charge in [-0.3, -0.25) is 4.90 Å². The maximum absolute atomic E-state index is 5.95. The lowest BCUT2D eigenvalue weighted by atomic mass is 9.57. The van der Waals surface area contributed by atoms with Crippen molar-refractivity contribution in [3.05, 3.63) is 59.5 Å². The van der Waals surface area contributed by atoms with Crippen molar-refractivity contribution in [2.75, 3.05) is 20.2 Å². The SMILES string of the molecule is CCNC(=NCc1ccccc1CN(C)Cc1ccco1)NC1C2CCOC2C1(C)C. The van der Waals surface area contributed by atoms with Crippen molar-refractivity contribution < 1.29 is 9.15 Å². The highest BCUT2D eigenvalue weighted by atomic mass is 16.5. The molecule has 3 unspecified atom stereocenters. The Morgan fingerprint density at radius 3 is 2.71 bits per heavy atom. The number of aliphatic imine (C=N–C) groups is 1. The van der Waals surface area contributed by atoms with Crippen molar-refractivity contribution in [2.24, 2.45) is 16.3 Å². The largest absolute Gasteiger partial charge is 0.468 e. The molecule has 1 aliphatic heterocycles. The van der Waals surface area contributed by atoms with Crippen molar-refractivity contribution >= 4 is 5.96 Å². The van der Waals surface area contributed by atoms with E-state index < -0.39 is 0 Å². The van der Waals surface area contributed by atoms with Crippen LogP contribution in [0.25, 0.3) is 0 Å². The summed E-state index contributed by atoms with van der Waals surface area (Å²) in [5.41, 5.74) is 2.68. The molecule has 2 aliphatic rings. The van der Waals surface area contributed by atoms with E-state index in [1.165, 1.54) is 11.1 Å². The molecule has 1 aromatic heterocycles. The summed E-state index contributed by atoms with van der Waals surface area (Å²) < 4.78 is 11.4. The Labute approximate surface area is 186 Å². The molecular formula is C25H36N4O2. The minimum Gasteiger partial charge on any atom is -0.468 e. The number of fused-ring (bicyclic) bond motifs is 1. The van der Waals surface area contributed by atoms with Crippen LogP contribution < -0.4 is 10.6 Å². The molecule has 4 rings (SSSR count). The van der Waals surface area contributed by atoms with Crippen LogP contribution >= 0.6 is 0 Å². The third-order valence-electron chi connectivity index (χ3n) is 6.71. The van der Waals surface area contributed by atoms with Gasteiger partial charge in [-0.25, -0.2) is 4.99 Å². The molecule has 0 spiro atoms. The lowest BCUT2D eigenvalue weighted by Gasteiger charge is -2.54. The fourth-order valence-corrected chi connectivity index (χ4v) is 5.13. The summed E-state index contributed by atoms with van der Waals surface area (Å²) in [5.74, 6) is 2.46. The topological polar surface area (TPSA) is 62.0 Å². The zero-order valence-electron chi connectivity index (χ0n) is 19.2. The molecule has 2 aromatic rings. The molecule has 6 nitrogen and oxygen atoms in total. The molecule has 6 heteroatoms. The molecule has 1 aromatic carbocycles. The summed E-state index contributed by atoms with van der Waals surface area (Å²) in [4.78, 5) is 7.21. The average Bonchev–Trinajstić information content (AvgIpc) is 3.42. The quantitative estimate of drug-likeness (QED) is 0.499. The van der Waals surface area contributed by atoms with Crippen LogP contribution in [0.15, 0.2) is 52.1 Å². The maximum Gasteiger partial charge on any atom is 0.191 e. The second-order valence-corrected chi connectivity index (χ2v) is 9.40. The molecule has 0 bridgehead atoms. The summed E-state index contributed by atoms with van der Waals surface area (Å²) in [6.45, 7) is 10.7. The highest BCUT2D eigenvalue weighted by molar-refractivity contribution is 5.80. The van der Waals surface area contributed by atoms with Crippen molar-refractivity contribution in [2.45, 2.75) is 59.0 Å². The molecule has 168 valence electrons. The summed E-state index contributed by atoms with van der Waals surface area (Å²) in [7, 11) is 2.12. The smallest absolute Gasteiger partial charge is 0.191 e. The average molecular weight is 425 g/mol. The van der Waals surface area contributed by atoms with Gasteiger partial charge in [0.05, 0.1) is 25.5 Å². The zero-order chi connectivity index (χ0) is 21.8. The van der Waals surface area contributed by atoms with Gasteiger partial charge in [-0.2, -0.15) is 0 Å². The molecule has 1 saturated carbocycles. The van der Waals surface area contributed by atoms with Crippen LogP contribution in [-0.4, -0.2) is 43.2 Å². The van der Waals surface area contributed by atoms with Crippen molar-refractivity contribution in [3.63, 3.8) is 0 Å². The first kappa shape index (κ1) is 21.9. The Bertz CT molecular complexity index is 877. The standard InChI is InChI=1S/C25H36N4O2/c1-5-26-24(28-22-21-12-14-31-23(21)25(22,2)3)27-15-18-9-6-7-10-19(18)16-29(4)17-20-11-8-13-30-20/h6-11,13,21-23H,5,12,14-17H2,1-4H3,(H2,26,27,28). The van der Waals surface area contributed by atoms with Gasteiger partial charge in [0, 0.05) is 37.1 Å². The molecule has 1 aliphatic carbocycles. The number of nitrogens with zero attached hydrogens (tertiary/aromatic N) is 2. The summed E-state index contributed by atoms with van der Waals surface area (Å²) in [6.07, 6.45) is 3.23. The van der Waals surface area contributed by atoms with E-state index in [4.69, 9.17) is 14.1 Å². The van der Waals surface area contributed by atoms with Gasteiger partial charge in [-0.1, -0.05) is 38.1 Å². The Morgan fingerprint density at radius 2 is 1.97 bits per heavy atom. The molecule has 2 N–H and O–H groups in total. The third kappa shape index (κ3) is 4.80. The van der Waals surface area contributed by atoms with E-state index in [0.717, 1.165) is 44.4 Å². The minimum absolute atomic E-state index is 0.129. The van der Waals surface area contributed by atoms with Crippen LogP contribution in [0, 0.1) is 11.3 Å². The van der Waals surface area contributed by atoms with Gasteiger partial charge in [0.1, 0.15) is 5.76 Å². The number of furan rings is 1. The number of benzene rings is 1. The summed E-state index contributed by atoms with van der Waals surface area (Å²) in [6, 6.07) is 12.9. The molecular weight excluding hydrogens is 388 g/mol. The third-order valence-corrected chi connectivity index (χ3v) is 6.71. The van der Waals surface area contributed by atoms with Crippen LogP contribution in [0.2, 0.25) is 0 Å². The van der Waals surface area contributed by atoms with E-state index in [1.54, 1.807) is 6.26 Å². The van der Waals surface area contributed by atoms with Crippen molar-refractivity contribution in [3.8, 4) is 0 Å². The predicted octanol–water partition coefficient (Wildman–Crippen LogP) is 3.78. The molecule has 2 heterocycles. The van der Waals surface area contributed by atoms with E-state index in [9.17, 15) is 0 Å². The molecule has 2 fully saturated rings. The van der Waals surface area contributed by atoms with Gasteiger partial charge in [-0.05, 0) is 43.7 Å². The van der Waals surface area contributed by atoms with E-state index in [-0.39, 0.29) is 5.41 Å². The van der Waals surface area contributed by atoms with E-state index >= 15 is 0 Å². The first-order valence-corrected chi connectivity index (χ1v) is 11.4. The number of hydrogen-bond acceptors (Lipinski definition) is 4. The molecule has 3 atom stereocenters. The monoisotopic (exact) mass is 424 g/mol. The van der Waals surface area contributed by atoms with Gasteiger partial charge < -0.3 is 19.8 Å². The highest BCUT2D eigenvalue weighted by Crippen LogP contribution is 2.52. The first-order chi connectivity index (χ1) is 15.0. The minimum atomic E-state index is 0.129. The van der Waals surface area contributed by atoms with Crippen LogP contribution in [0.4, 0.5) is 0 Å². The summed E-state index contributed by atoms with van der Waals surface area (Å²) >= 11 is 0. The fraction of sp³-hybridized carbons (Fsp3) is 0.560. The van der Waals surface area contributed by atoms with E-state index in [0.29, 0.717) is 24.6 Å². The first-order valence-electron chi connectivity index (χ1n) is 11.4. The maximum atomic E-state index is 5.95. The highest BCUT2D eigenvalue weighted by Gasteiger charge is 2.59. The predicted molar refractivity (Wildman–Crippen MR) is 124 cm³/mol. The van der Waals surface area contributed by atoms with Crippen LogP contribution in [0.5, 0.6) is 0 Å². The second kappa shape index (κ2) is 9.45. The van der Waals surface area contributed by atoms with Gasteiger partial charge >= 0.3 is 0 Å². The number of ether oxygens (including phenoxy) is 1. The fourth-order valence-electron chi connectivity index (χ4n) is 5.13. The number of rotatable bonds is 8. The number of hydrogen-bond donors (Lipinski definition) is 2. The van der Waals surface area contributed by atoms with Crippen LogP contribution in [-0.2, 0) is 24.4 Å². The van der Waals surface area contributed by atoms with Crippen LogP contribution in [0.1, 0.15) is 44.1 Å². The lowest BCUT2D eigenvalue weighted by molar-refractivity contribution is -0.106. The Morgan fingerprint density at radius 1 is 1.16 bits per heavy atom. The van der Waals surface area contributed by atoms with Crippen LogP contribution in [0.3, 0.4) is 0 Å². The number of guanidine groups is 1. The Kier molecular flexibility index (Phi) is 6.68. The number of nitrogens with one attached hydrogen (secondary N) is 2. The van der Waals surface area contributed by atoms with Crippen molar-refractivity contribution in [1.82, 2.24) is 15.5 Å². The van der Waals surface area contributed by atoms with Gasteiger partial charge in [0.15, 0.2) is 5.96 Å². The molecule has 31 heavy (non-hydrogen) atoms. The van der Waals surface area contributed by atoms with Gasteiger partial charge in [0.25, 0.3) is 0 Å². The molecule has 0 amide bonds. The lowest BCUT2D eigenvalue weighted by Crippen LogP contribution is -2.67. The van der Waals surface area contributed by atoms with E-state index in [1.807, 2.05) is 12.1 Å². The van der Waals surface area contributed by atoms with E-state index in [2.05, 4.69) is 67.6 Å². The van der Waals surface area contributed by atoms with Gasteiger partial charge in [-0.15, -0.1) is 0 Å². The molecule has 0 radical (unpaired) electrons. The molecule has 1 saturated heterocycles.